The van der Waals surface area contributed by atoms with E-state index in [1.54, 1.807) is 18.1 Å². The quantitative estimate of drug-likeness (QED) is 0.789. The fourth-order valence-electron chi connectivity index (χ4n) is 2.17. The molecule has 112 valence electrons. The SMILES string of the molecule is CCCc1c(NCC)ncnc1Sc1ccc(C)c(C)c1. The number of hydrogen-bond acceptors (Lipinski definition) is 4. The average Bonchev–Trinajstić information content (AvgIpc) is 2.46. The number of rotatable bonds is 6. The van der Waals surface area contributed by atoms with Crippen LogP contribution in [0.2, 0.25) is 0 Å². The van der Waals surface area contributed by atoms with Crippen LogP contribution in [0.3, 0.4) is 0 Å². The molecule has 1 aromatic carbocycles. The average molecular weight is 301 g/mol. The largest absolute Gasteiger partial charge is 0.370 e. The summed E-state index contributed by atoms with van der Waals surface area (Å²) in [4.78, 5) is 10.1. The smallest absolute Gasteiger partial charge is 0.133 e. The number of benzene rings is 1. The van der Waals surface area contributed by atoms with Gasteiger partial charge in [-0.3, -0.25) is 0 Å². The van der Waals surface area contributed by atoms with Crippen molar-refractivity contribution in [1.82, 2.24) is 9.97 Å². The van der Waals surface area contributed by atoms with Gasteiger partial charge in [0, 0.05) is 17.0 Å². The third-order valence-electron chi connectivity index (χ3n) is 3.44. The second kappa shape index (κ2) is 7.46. The summed E-state index contributed by atoms with van der Waals surface area (Å²) in [6, 6.07) is 6.56. The first kappa shape index (κ1) is 15.8. The number of anilines is 1. The maximum atomic E-state index is 4.50. The Balaban J connectivity index is 2.33. The molecule has 2 rings (SSSR count). The lowest BCUT2D eigenvalue weighted by Crippen LogP contribution is -2.06. The zero-order valence-corrected chi connectivity index (χ0v) is 14.0. The van der Waals surface area contributed by atoms with Gasteiger partial charge in [0.2, 0.25) is 0 Å². The highest BCUT2D eigenvalue weighted by atomic mass is 32.2. The molecule has 0 unspecified atom stereocenters. The fraction of sp³-hybridized carbons (Fsp3) is 0.412. The second-order valence-corrected chi connectivity index (χ2v) is 6.20. The van der Waals surface area contributed by atoms with E-state index in [-0.39, 0.29) is 0 Å². The first-order chi connectivity index (χ1) is 10.2. The summed E-state index contributed by atoms with van der Waals surface area (Å²) in [5.41, 5.74) is 3.87. The van der Waals surface area contributed by atoms with Crippen LogP contribution in [-0.4, -0.2) is 16.5 Å². The van der Waals surface area contributed by atoms with E-state index in [1.165, 1.54) is 21.6 Å². The first-order valence-corrected chi connectivity index (χ1v) is 8.30. The Morgan fingerprint density at radius 2 is 1.90 bits per heavy atom. The molecular weight excluding hydrogens is 278 g/mol. The molecule has 21 heavy (non-hydrogen) atoms. The van der Waals surface area contributed by atoms with Gasteiger partial charge in [0.1, 0.15) is 17.2 Å². The summed E-state index contributed by atoms with van der Waals surface area (Å²) in [5.74, 6) is 0.973. The Hall–Kier alpha value is -1.55. The lowest BCUT2D eigenvalue weighted by Gasteiger charge is -2.13. The molecule has 0 bridgehead atoms. The van der Waals surface area contributed by atoms with Crippen LogP contribution in [0.5, 0.6) is 0 Å². The normalized spacial score (nSPS) is 10.7. The van der Waals surface area contributed by atoms with Gasteiger partial charge in [0.15, 0.2) is 0 Å². The monoisotopic (exact) mass is 301 g/mol. The molecule has 4 heteroatoms. The van der Waals surface area contributed by atoms with Crippen molar-refractivity contribution >= 4 is 17.6 Å². The Morgan fingerprint density at radius 3 is 2.57 bits per heavy atom. The van der Waals surface area contributed by atoms with Crippen molar-refractivity contribution in [3.8, 4) is 0 Å². The zero-order valence-electron chi connectivity index (χ0n) is 13.2. The van der Waals surface area contributed by atoms with Gasteiger partial charge in [-0.05, 0) is 50.5 Å². The minimum absolute atomic E-state index is 0.876. The fourth-order valence-corrected chi connectivity index (χ4v) is 3.19. The predicted octanol–water partition coefficient (Wildman–Crippen LogP) is 4.63. The van der Waals surface area contributed by atoms with Gasteiger partial charge in [-0.1, -0.05) is 31.2 Å². The van der Waals surface area contributed by atoms with Crippen molar-refractivity contribution in [2.24, 2.45) is 0 Å². The van der Waals surface area contributed by atoms with E-state index in [0.717, 1.165) is 30.2 Å². The molecule has 1 aromatic heterocycles. The molecule has 0 aliphatic rings. The number of nitrogens with zero attached hydrogens (tertiary/aromatic N) is 2. The summed E-state index contributed by atoms with van der Waals surface area (Å²) in [5, 5.41) is 4.40. The van der Waals surface area contributed by atoms with E-state index < -0.39 is 0 Å². The maximum Gasteiger partial charge on any atom is 0.133 e. The molecule has 0 atom stereocenters. The van der Waals surface area contributed by atoms with Crippen LogP contribution in [0.1, 0.15) is 37.0 Å². The van der Waals surface area contributed by atoms with Crippen molar-refractivity contribution in [2.45, 2.75) is 50.5 Å². The van der Waals surface area contributed by atoms with E-state index in [0.29, 0.717) is 0 Å². The molecule has 0 aliphatic carbocycles. The molecule has 2 aromatic rings. The van der Waals surface area contributed by atoms with Crippen LogP contribution in [0.4, 0.5) is 5.82 Å². The zero-order chi connectivity index (χ0) is 15.2. The van der Waals surface area contributed by atoms with Gasteiger partial charge in [0.05, 0.1) is 0 Å². The summed E-state index contributed by atoms with van der Waals surface area (Å²) in [6.45, 7) is 9.44. The van der Waals surface area contributed by atoms with E-state index >= 15 is 0 Å². The number of hydrogen-bond donors (Lipinski definition) is 1. The van der Waals surface area contributed by atoms with Crippen molar-refractivity contribution in [3.63, 3.8) is 0 Å². The Bertz CT molecular complexity index is 611. The van der Waals surface area contributed by atoms with E-state index in [2.05, 4.69) is 61.2 Å². The van der Waals surface area contributed by atoms with Crippen LogP contribution in [0.25, 0.3) is 0 Å². The number of aryl methyl sites for hydroxylation is 2. The molecule has 0 fully saturated rings. The molecular formula is C17H23N3S. The lowest BCUT2D eigenvalue weighted by molar-refractivity contribution is 0.855. The van der Waals surface area contributed by atoms with Crippen LogP contribution < -0.4 is 5.32 Å². The molecule has 1 heterocycles. The van der Waals surface area contributed by atoms with Gasteiger partial charge in [-0.15, -0.1) is 0 Å². The van der Waals surface area contributed by atoms with Gasteiger partial charge in [0.25, 0.3) is 0 Å². The van der Waals surface area contributed by atoms with Crippen LogP contribution in [-0.2, 0) is 6.42 Å². The topological polar surface area (TPSA) is 37.8 Å². The van der Waals surface area contributed by atoms with Crippen LogP contribution in [0, 0.1) is 13.8 Å². The third kappa shape index (κ3) is 3.97. The molecule has 0 saturated carbocycles. The number of aromatic nitrogens is 2. The van der Waals surface area contributed by atoms with Gasteiger partial charge < -0.3 is 5.32 Å². The number of nitrogens with one attached hydrogen (secondary N) is 1. The Labute approximate surface area is 131 Å². The van der Waals surface area contributed by atoms with E-state index in [4.69, 9.17) is 0 Å². The van der Waals surface area contributed by atoms with Crippen molar-refractivity contribution in [3.05, 3.63) is 41.2 Å². The summed E-state index contributed by atoms with van der Waals surface area (Å²) >= 11 is 1.73. The van der Waals surface area contributed by atoms with E-state index in [9.17, 15) is 0 Å². The van der Waals surface area contributed by atoms with Gasteiger partial charge in [-0.2, -0.15) is 0 Å². The summed E-state index contributed by atoms with van der Waals surface area (Å²) in [6.07, 6.45) is 3.74. The molecule has 0 aliphatic heterocycles. The highest BCUT2D eigenvalue weighted by Gasteiger charge is 2.12. The highest BCUT2D eigenvalue weighted by Crippen LogP contribution is 2.32. The summed E-state index contributed by atoms with van der Waals surface area (Å²) in [7, 11) is 0. The maximum absolute atomic E-state index is 4.50. The Morgan fingerprint density at radius 1 is 1.10 bits per heavy atom. The van der Waals surface area contributed by atoms with Gasteiger partial charge >= 0.3 is 0 Å². The standard InChI is InChI=1S/C17H23N3S/c1-5-7-15-16(18-6-2)19-11-20-17(15)21-14-9-8-12(3)13(4)10-14/h8-11H,5-7H2,1-4H3,(H,18,19,20). The van der Waals surface area contributed by atoms with Gasteiger partial charge in [-0.25, -0.2) is 9.97 Å². The lowest BCUT2D eigenvalue weighted by atomic mass is 10.1. The molecule has 0 radical (unpaired) electrons. The van der Waals surface area contributed by atoms with Crippen LogP contribution >= 0.6 is 11.8 Å². The van der Waals surface area contributed by atoms with E-state index in [1.807, 2.05) is 0 Å². The van der Waals surface area contributed by atoms with Crippen molar-refractivity contribution in [2.75, 3.05) is 11.9 Å². The summed E-state index contributed by atoms with van der Waals surface area (Å²) < 4.78 is 0. The Kier molecular flexibility index (Phi) is 5.62. The molecule has 3 nitrogen and oxygen atoms in total. The molecule has 0 spiro atoms. The second-order valence-electron chi connectivity index (χ2n) is 5.13. The highest BCUT2D eigenvalue weighted by molar-refractivity contribution is 7.99. The molecule has 1 N–H and O–H groups in total. The van der Waals surface area contributed by atoms with Crippen molar-refractivity contribution in [1.29, 1.82) is 0 Å². The molecule has 0 saturated heterocycles. The van der Waals surface area contributed by atoms with Crippen molar-refractivity contribution < 1.29 is 0 Å². The third-order valence-corrected chi connectivity index (χ3v) is 4.48. The molecule has 0 amide bonds. The minimum atomic E-state index is 0.876. The minimum Gasteiger partial charge on any atom is -0.370 e. The van der Waals surface area contributed by atoms with Crippen LogP contribution in [0.15, 0.2) is 34.4 Å². The first-order valence-electron chi connectivity index (χ1n) is 7.48. The predicted molar refractivity (Wildman–Crippen MR) is 90.2 cm³/mol.